The van der Waals surface area contributed by atoms with Gasteiger partial charge in [-0.1, -0.05) is 12.1 Å². The highest BCUT2D eigenvalue weighted by atomic mass is 19.4. The Balaban J connectivity index is 1.69. The number of fused-ring (bicyclic) bond motifs is 2. The Morgan fingerprint density at radius 1 is 0.927 bits per heavy atom. The molecule has 11 heteroatoms. The van der Waals surface area contributed by atoms with Crippen LogP contribution < -0.4 is 11.3 Å². The van der Waals surface area contributed by atoms with Gasteiger partial charge in [0.2, 0.25) is 11.7 Å². The second-order valence-corrected chi connectivity index (χ2v) is 9.32. The molecule has 6 nitrogen and oxygen atoms in total. The molecule has 0 saturated carbocycles. The molecule has 0 aliphatic carbocycles. The minimum atomic E-state index is -4.77. The van der Waals surface area contributed by atoms with Crippen LogP contribution >= 0.6 is 0 Å². The maximum atomic E-state index is 14.9. The number of nitrogens with two attached hydrogens (primary N) is 1. The van der Waals surface area contributed by atoms with Crippen LogP contribution in [0.15, 0.2) is 77.9 Å². The van der Waals surface area contributed by atoms with Crippen LogP contribution in [0.1, 0.15) is 34.1 Å². The van der Waals surface area contributed by atoms with Gasteiger partial charge in [0.15, 0.2) is 0 Å². The quantitative estimate of drug-likeness (QED) is 0.164. The van der Waals surface area contributed by atoms with Gasteiger partial charge in [-0.15, -0.1) is 0 Å². The number of hydrogen-bond acceptors (Lipinski definition) is 3. The fourth-order valence-electron chi connectivity index (χ4n) is 4.92. The average Bonchev–Trinajstić information content (AvgIpc) is 3.35. The van der Waals surface area contributed by atoms with Gasteiger partial charge in [-0.05, 0) is 66.4 Å². The number of carbonyl (C=O) groups is 2. The fourth-order valence-corrected chi connectivity index (χ4v) is 4.92. The van der Waals surface area contributed by atoms with Crippen LogP contribution in [0, 0.1) is 11.6 Å². The van der Waals surface area contributed by atoms with E-state index in [1.165, 1.54) is 71.7 Å². The van der Waals surface area contributed by atoms with E-state index in [0.29, 0.717) is 0 Å². The molecule has 1 amide bonds. The maximum absolute atomic E-state index is 14.9. The van der Waals surface area contributed by atoms with Crippen LogP contribution in [-0.4, -0.2) is 20.7 Å². The average molecular weight is 565 g/mol. The third-order valence-electron chi connectivity index (χ3n) is 6.87. The smallest absolute Gasteiger partial charge is 0.366 e. The third-order valence-corrected chi connectivity index (χ3v) is 6.87. The molecule has 5 aromatic rings. The van der Waals surface area contributed by atoms with Crippen molar-refractivity contribution in [1.29, 1.82) is 0 Å². The molecule has 0 fully saturated rings. The van der Waals surface area contributed by atoms with Gasteiger partial charge in [0, 0.05) is 41.5 Å². The van der Waals surface area contributed by atoms with Crippen molar-refractivity contribution in [2.45, 2.75) is 13.1 Å². The van der Waals surface area contributed by atoms with E-state index in [0.717, 1.165) is 24.3 Å². The van der Waals surface area contributed by atoms with Gasteiger partial charge < -0.3 is 14.7 Å². The molecule has 41 heavy (non-hydrogen) atoms. The molecule has 0 aliphatic rings. The summed E-state index contributed by atoms with van der Waals surface area (Å²) in [4.78, 5) is 37.7. The van der Waals surface area contributed by atoms with Crippen molar-refractivity contribution in [3.8, 4) is 11.1 Å². The molecule has 0 atom stereocenters. The molecule has 0 aliphatic heterocycles. The van der Waals surface area contributed by atoms with E-state index < -0.39 is 51.8 Å². The normalized spacial score (nSPS) is 12.3. The number of benzene rings is 2. The summed E-state index contributed by atoms with van der Waals surface area (Å²) in [5.74, 6) is -4.25. The number of alkyl halides is 3. The predicted molar refractivity (Wildman–Crippen MR) is 143 cm³/mol. The zero-order valence-corrected chi connectivity index (χ0v) is 21.5. The minimum absolute atomic E-state index is 0.0744. The van der Waals surface area contributed by atoms with E-state index >= 15 is 0 Å². The van der Waals surface area contributed by atoms with E-state index in [9.17, 15) is 36.3 Å². The molecule has 208 valence electrons. The summed E-state index contributed by atoms with van der Waals surface area (Å²) in [5, 5.41) is 0.192. The van der Waals surface area contributed by atoms with Crippen molar-refractivity contribution >= 4 is 33.6 Å². The Hall–Kier alpha value is -5.06. The Kier molecular flexibility index (Phi) is 6.60. The van der Waals surface area contributed by atoms with Crippen molar-refractivity contribution < 1.29 is 31.5 Å². The second-order valence-electron chi connectivity index (χ2n) is 9.32. The number of aryl methyl sites for hydroxylation is 1. The summed E-state index contributed by atoms with van der Waals surface area (Å²) < 4.78 is 74.9. The lowest BCUT2D eigenvalue weighted by atomic mass is 9.95. The highest BCUT2D eigenvalue weighted by molar-refractivity contribution is 6.19. The van der Waals surface area contributed by atoms with Crippen molar-refractivity contribution in [1.82, 2.24) is 8.97 Å². The number of halogens is 5. The first-order chi connectivity index (χ1) is 19.3. The molecule has 3 heterocycles. The lowest BCUT2D eigenvalue weighted by Crippen LogP contribution is -2.17. The number of ketones is 1. The van der Waals surface area contributed by atoms with Crippen molar-refractivity contribution in [3.63, 3.8) is 0 Å². The highest BCUT2D eigenvalue weighted by Gasteiger charge is 2.35. The number of rotatable bonds is 5. The summed E-state index contributed by atoms with van der Waals surface area (Å²) in [7, 11) is 1.48. The molecule has 2 N–H and O–H groups in total. The SMILES string of the molecule is CC=C(C(N)=O)c1c(F)cc(C(=O)c2ccc3c(-c4cc5c(=O)n(C)ccc5cc4C(F)(F)F)cccn23)cc1F. The minimum Gasteiger partial charge on any atom is -0.366 e. The summed E-state index contributed by atoms with van der Waals surface area (Å²) >= 11 is 0. The summed E-state index contributed by atoms with van der Waals surface area (Å²) in [6, 6.07) is 10.6. The lowest BCUT2D eigenvalue weighted by molar-refractivity contribution is -0.137. The molecular weight excluding hydrogens is 545 g/mol. The monoisotopic (exact) mass is 565 g/mol. The predicted octanol–water partition coefficient (Wildman–Crippen LogP) is 5.87. The topological polar surface area (TPSA) is 86.6 Å². The van der Waals surface area contributed by atoms with Gasteiger partial charge in [0.1, 0.15) is 11.6 Å². The number of carbonyl (C=O) groups excluding carboxylic acids is 2. The van der Waals surface area contributed by atoms with Crippen LogP contribution in [0.5, 0.6) is 0 Å². The first-order valence-electron chi connectivity index (χ1n) is 12.1. The van der Waals surface area contributed by atoms with Crippen LogP contribution in [0.25, 0.3) is 33.0 Å². The molecule has 2 aromatic carbocycles. The number of aromatic nitrogens is 2. The number of amides is 1. The zero-order valence-electron chi connectivity index (χ0n) is 21.5. The Morgan fingerprint density at radius 3 is 2.22 bits per heavy atom. The Labute approximate surface area is 228 Å². The van der Waals surface area contributed by atoms with Crippen LogP contribution in [-0.2, 0) is 18.0 Å². The molecule has 0 unspecified atom stereocenters. The van der Waals surface area contributed by atoms with Gasteiger partial charge in [-0.3, -0.25) is 14.4 Å². The second kappa shape index (κ2) is 9.84. The van der Waals surface area contributed by atoms with Gasteiger partial charge in [0.25, 0.3) is 5.56 Å². The molecule has 3 aromatic heterocycles. The number of pyridine rings is 2. The summed E-state index contributed by atoms with van der Waals surface area (Å²) in [5.41, 5.74) is 2.18. The summed E-state index contributed by atoms with van der Waals surface area (Å²) in [6.45, 7) is 1.37. The molecule has 0 saturated heterocycles. The van der Waals surface area contributed by atoms with Crippen LogP contribution in [0.3, 0.4) is 0 Å². The number of nitrogens with zero attached hydrogens (tertiary/aromatic N) is 2. The first kappa shape index (κ1) is 27.5. The lowest BCUT2D eigenvalue weighted by Gasteiger charge is -2.16. The zero-order chi connectivity index (χ0) is 29.8. The van der Waals surface area contributed by atoms with E-state index in [1.54, 1.807) is 0 Å². The van der Waals surface area contributed by atoms with Crippen LogP contribution in [0.2, 0.25) is 0 Å². The van der Waals surface area contributed by atoms with E-state index in [-0.39, 0.29) is 38.7 Å². The fraction of sp³-hybridized carbons (Fsp3) is 0.100. The Bertz CT molecular complexity index is 1980. The molecule has 0 bridgehead atoms. The number of hydrogen-bond donors (Lipinski definition) is 1. The van der Waals surface area contributed by atoms with Gasteiger partial charge in [0.05, 0.1) is 22.3 Å². The van der Waals surface area contributed by atoms with Crippen molar-refractivity contribution in [2.24, 2.45) is 12.8 Å². The van der Waals surface area contributed by atoms with Gasteiger partial charge in [-0.25, -0.2) is 8.78 Å². The standard InChI is InChI=1S/C30H20F5N3O3/c1-3-17(28(36)40)26-22(31)12-16(13-23(26)32)27(39)25-7-6-24-18(5-4-9-38(24)25)20-14-19-15(8-10-37(2)29(19)41)11-21(20)30(33,34)35/h3-14H,1-2H3,(H2,36,40). The van der Waals surface area contributed by atoms with E-state index in [1.807, 2.05) is 0 Å². The van der Waals surface area contributed by atoms with Gasteiger partial charge in [-0.2, -0.15) is 13.2 Å². The van der Waals surface area contributed by atoms with Crippen molar-refractivity contribution in [3.05, 3.63) is 117 Å². The third kappa shape index (κ3) is 4.58. The van der Waals surface area contributed by atoms with Crippen molar-refractivity contribution in [2.75, 3.05) is 0 Å². The van der Waals surface area contributed by atoms with Crippen LogP contribution in [0.4, 0.5) is 22.0 Å². The molecule has 0 spiro atoms. The molecular formula is C30H20F5N3O3. The largest absolute Gasteiger partial charge is 0.417 e. The van der Waals surface area contributed by atoms with Gasteiger partial charge >= 0.3 is 6.18 Å². The first-order valence-corrected chi connectivity index (χ1v) is 12.1. The number of primary amides is 1. The highest BCUT2D eigenvalue weighted by Crippen LogP contribution is 2.40. The summed E-state index contributed by atoms with van der Waals surface area (Å²) in [6.07, 6.45) is -0.825. The molecule has 0 radical (unpaired) electrons. The van der Waals surface area contributed by atoms with E-state index in [4.69, 9.17) is 5.73 Å². The molecule has 5 rings (SSSR count). The Morgan fingerprint density at radius 2 is 1.61 bits per heavy atom. The van der Waals surface area contributed by atoms with E-state index in [2.05, 4.69) is 0 Å². The maximum Gasteiger partial charge on any atom is 0.417 e. The number of allylic oxidation sites excluding steroid dienone is 1.